The van der Waals surface area contributed by atoms with E-state index in [0.29, 0.717) is 17.3 Å². The molecule has 0 atom stereocenters. The number of carbonyl (C=O) groups excluding carboxylic acids is 1. The lowest BCUT2D eigenvalue weighted by molar-refractivity contribution is -0.114. The summed E-state index contributed by atoms with van der Waals surface area (Å²) in [5, 5.41) is 3.12. The highest BCUT2D eigenvalue weighted by molar-refractivity contribution is 6.33. The van der Waals surface area contributed by atoms with Gasteiger partial charge in [-0.25, -0.2) is 0 Å². The molecule has 0 spiro atoms. The quantitative estimate of drug-likeness (QED) is 0.761. The van der Waals surface area contributed by atoms with Crippen LogP contribution < -0.4 is 11.1 Å². The lowest BCUT2D eigenvalue weighted by Crippen LogP contribution is -2.06. The molecule has 0 aromatic heterocycles. The molecule has 0 heterocycles. The average Bonchev–Trinajstić information content (AvgIpc) is 2.08. The highest BCUT2D eigenvalue weighted by Gasteiger charge is 2.01. The van der Waals surface area contributed by atoms with E-state index >= 15 is 0 Å². The van der Waals surface area contributed by atoms with Crippen molar-refractivity contribution >= 4 is 23.2 Å². The molecule has 70 valence electrons. The van der Waals surface area contributed by atoms with Gasteiger partial charge in [0.15, 0.2) is 0 Å². The number of halogens is 1. The maximum atomic E-state index is 10.7. The van der Waals surface area contributed by atoms with E-state index in [0.717, 1.165) is 5.56 Å². The third-order valence-corrected chi connectivity index (χ3v) is 1.89. The molecule has 4 heteroatoms. The fourth-order valence-corrected chi connectivity index (χ4v) is 1.23. The normalized spacial score (nSPS) is 9.77. The van der Waals surface area contributed by atoms with Crippen LogP contribution in [0.2, 0.25) is 5.02 Å². The van der Waals surface area contributed by atoms with Crippen LogP contribution >= 0.6 is 11.6 Å². The number of hydrogen-bond acceptors (Lipinski definition) is 2. The Balaban J connectivity index is 2.91. The van der Waals surface area contributed by atoms with Gasteiger partial charge in [-0.2, -0.15) is 0 Å². The maximum absolute atomic E-state index is 10.7. The van der Waals surface area contributed by atoms with Gasteiger partial charge in [0.2, 0.25) is 5.91 Å². The van der Waals surface area contributed by atoms with Crippen LogP contribution in [0.1, 0.15) is 12.5 Å². The summed E-state index contributed by atoms with van der Waals surface area (Å²) < 4.78 is 0. The zero-order valence-corrected chi connectivity index (χ0v) is 8.06. The van der Waals surface area contributed by atoms with Gasteiger partial charge in [-0.15, -0.1) is 0 Å². The fraction of sp³-hybridized carbons (Fsp3) is 0.222. The third-order valence-electron chi connectivity index (χ3n) is 1.58. The van der Waals surface area contributed by atoms with Crippen molar-refractivity contribution in [3.8, 4) is 0 Å². The largest absolute Gasteiger partial charge is 0.326 e. The number of benzene rings is 1. The number of hydrogen-bond donors (Lipinski definition) is 2. The Morgan fingerprint density at radius 3 is 2.77 bits per heavy atom. The molecule has 0 aliphatic heterocycles. The minimum atomic E-state index is -0.137. The maximum Gasteiger partial charge on any atom is 0.221 e. The number of amides is 1. The molecule has 1 rings (SSSR count). The van der Waals surface area contributed by atoms with Crippen molar-refractivity contribution in [2.24, 2.45) is 5.73 Å². The van der Waals surface area contributed by atoms with E-state index in [-0.39, 0.29) is 5.91 Å². The SMILES string of the molecule is CC(=O)Nc1ccc(CN)cc1Cl. The van der Waals surface area contributed by atoms with Crippen molar-refractivity contribution in [1.82, 2.24) is 0 Å². The van der Waals surface area contributed by atoms with Crippen LogP contribution in [0.3, 0.4) is 0 Å². The van der Waals surface area contributed by atoms with Gasteiger partial charge in [-0.1, -0.05) is 17.7 Å². The number of carbonyl (C=O) groups is 1. The molecular weight excluding hydrogens is 188 g/mol. The van der Waals surface area contributed by atoms with Gasteiger partial charge in [0.25, 0.3) is 0 Å². The predicted octanol–water partition coefficient (Wildman–Crippen LogP) is 1.76. The molecule has 0 aliphatic carbocycles. The number of anilines is 1. The van der Waals surface area contributed by atoms with E-state index in [1.165, 1.54) is 6.92 Å². The second-order valence-electron chi connectivity index (χ2n) is 2.70. The molecular formula is C9H11ClN2O. The molecule has 1 aromatic carbocycles. The van der Waals surface area contributed by atoms with Crippen molar-refractivity contribution in [3.63, 3.8) is 0 Å². The van der Waals surface area contributed by atoms with Crippen LogP contribution in [0.5, 0.6) is 0 Å². The van der Waals surface area contributed by atoms with Crippen LogP contribution in [0.15, 0.2) is 18.2 Å². The first-order chi connectivity index (χ1) is 6.13. The zero-order valence-electron chi connectivity index (χ0n) is 7.30. The lowest BCUT2D eigenvalue weighted by Gasteiger charge is -2.05. The van der Waals surface area contributed by atoms with Crippen LogP contribution in [0, 0.1) is 0 Å². The Kier molecular flexibility index (Phi) is 3.28. The third kappa shape index (κ3) is 2.72. The summed E-state index contributed by atoms with van der Waals surface area (Å²) in [5.41, 5.74) is 6.98. The molecule has 0 bridgehead atoms. The predicted molar refractivity (Wildman–Crippen MR) is 53.6 cm³/mol. The highest BCUT2D eigenvalue weighted by Crippen LogP contribution is 2.22. The van der Waals surface area contributed by atoms with Gasteiger partial charge >= 0.3 is 0 Å². The van der Waals surface area contributed by atoms with Crippen LogP contribution in [0.25, 0.3) is 0 Å². The number of nitrogens with one attached hydrogen (secondary N) is 1. The molecule has 0 saturated carbocycles. The molecule has 0 aliphatic rings. The van der Waals surface area contributed by atoms with Gasteiger partial charge in [0.1, 0.15) is 0 Å². The van der Waals surface area contributed by atoms with E-state index in [1.54, 1.807) is 12.1 Å². The Labute approximate surface area is 81.9 Å². The van der Waals surface area contributed by atoms with E-state index in [2.05, 4.69) is 5.32 Å². The van der Waals surface area contributed by atoms with Gasteiger partial charge in [0, 0.05) is 13.5 Å². The first-order valence-electron chi connectivity index (χ1n) is 3.89. The first kappa shape index (κ1) is 10.0. The minimum Gasteiger partial charge on any atom is -0.326 e. The first-order valence-corrected chi connectivity index (χ1v) is 4.27. The molecule has 3 nitrogen and oxygen atoms in total. The summed E-state index contributed by atoms with van der Waals surface area (Å²) in [4.78, 5) is 10.7. The van der Waals surface area contributed by atoms with Crippen molar-refractivity contribution in [2.75, 3.05) is 5.32 Å². The summed E-state index contributed by atoms with van der Waals surface area (Å²) in [7, 11) is 0. The van der Waals surface area contributed by atoms with E-state index < -0.39 is 0 Å². The molecule has 3 N–H and O–H groups in total. The topological polar surface area (TPSA) is 55.1 Å². The molecule has 0 radical (unpaired) electrons. The molecule has 0 saturated heterocycles. The number of nitrogens with two attached hydrogens (primary N) is 1. The number of rotatable bonds is 2. The summed E-state index contributed by atoms with van der Waals surface area (Å²) in [6, 6.07) is 5.32. The van der Waals surface area contributed by atoms with E-state index in [9.17, 15) is 4.79 Å². The molecule has 1 aromatic rings. The fourth-order valence-electron chi connectivity index (χ4n) is 0.977. The summed E-state index contributed by atoms with van der Waals surface area (Å²) in [6.45, 7) is 1.88. The van der Waals surface area contributed by atoms with Gasteiger partial charge in [-0.05, 0) is 17.7 Å². The van der Waals surface area contributed by atoms with Crippen LogP contribution in [-0.2, 0) is 11.3 Å². The standard InChI is InChI=1S/C9H11ClN2O/c1-6(13)12-9-3-2-7(5-11)4-8(9)10/h2-4H,5,11H2,1H3,(H,12,13). The molecule has 13 heavy (non-hydrogen) atoms. The lowest BCUT2D eigenvalue weighted by atomic mass is 10.2. The van der Waals surface area contributed by atoms with Crippen molar-refractivity contribution < 1.29 is 4.79 Å². The zero-order chi connectivity index (χ0) is 9.84. The second-order valence-corrected chi connectivity index (χ2v) is 3.11. The van der Waals surface area contributed by atoms with Gasteiger partial charge in [0.05, 0.1) is 10.7 Å². The monoisotopic (exact) mass is 198 g/mol. The molecule has 0 fully saturated rings. The van der Waals surface area contributed by atoms with Gasteiger partial charge < -0.3 is 11.1 Å². The van der Waals surface area contributed by atoms with Crippen molar-refractivity contribution in [2.45, 2.75) is 13.5 Å². The van der Waals surface area contributed by atoms with E-state index in [1.807, 2.05) is 6.07 Å². The summed E-state index contributed by atoms with van der Waals surface area (Å²) in [5.74, 6) is -0.137. The van der Waals surface area contributed by atoms with Crippen molar-refractivity contribution in [1.29, 1.82) is 0 Å². The summed E-state index contributed by atoms with van der Waals surface area (Å²) >= 11 is 5.88. The Bertz CT molecular complexity index is 325. The molecule has 0 unspecified atom stereocenters. The second kappa shape index (κ2) is 4.25. The minimum absolute atomic E-state index is 0.137. The Morgan fingerprint density at radius 2 is 2.31 bits per heavy atom. The Morgan fingerprint density at radius 1 is 1.62 bits per heavy atom. The van der Waals surface area contributed by atoms with Crippen LogP contribution in [0.4, 0.5) is 5.69 Å². The average molecular weight is 199 g/mol. The molecule has 1 amide bonds. The van der Waals surface area contributed by atoms with Crippen molar-refractivity contribution in [3.05, 3.63) is 28.8 Å². The summed E-state index contributed by atoms with van der Waals surface area (Å²) in [6.07, 6.45) is 0. The van der Waals surface area contributed by atoms with Crippen LogP contribution in [-0.4, -0.2) is 5.91 Å². The van der Waals surface area contributed by atoms with E-state index in [4.69, 9.17) is 17.3 Å². The smallest absolute Gasteiger partial charge is 0.221 e. The van der Waals surface area contributed by atoms with Gasteiger partial charge in [-0.3, -0.25) is 4.79 Å². The Hall–Kier alpha value is -1.06. The highest BCUT2D eigenvalue weighted by atomic mass is 35.5.